The second kappa shape index (κ2) is 4.86. The first-order valence-corrected chi connectivity index (χ1v) is 6.41. The summed E-state index contributed by atoms with van der Waals surface area (Å²) in [5, 5.41) is 0. The van der Waals surface area contributed by atoms with Gasteiger partial charge in [0.2, 0.25) is 0 Å². The Balaban J connectivity index is 1.99. The van der Waals surface area contributed by atoms with Gasteiger partial charge in [-0.25, -0.2) is 0 Å². The van der Waals surface area contributed by atoms with Crippen LogP contribution in [0.15, 0.2) is 18.5 Å². The zero-order valence-corrected chi connectivity index (χ0v) is 11.6. The number of ketones is 1. The van der Waals surface area contributed by atoms with E-state index in [1.54, 1.807) is 0 Å². The summed E-state index contributed by atoms with van der Waals surface area (Å²) >= 11 is 0. The predicted octanol–water partition coefficient (Wildman–Crippen LogP) is 1.71. The molecule has 0 N–H and O–H groups in total. The fourth-order valence-electron chi connectivity index (χ4n) is 2.67. The largest absolute Gasteiger partial charge is 0.370 e. The summed E-state index contributed by atoms with van der Waals surface area (Å²) < 4.78 is 7.74. The van der Waals surface area contributed by atoms with Crippen LogP contribution in [0.2, 0.25) is 0 Å². The Morgan fingerprint density at radius 1 is 1.56 bits per heavy atom. The lowest BCUT2D eigenvalue weighted by molar-refractivity contribution is -0.126. The molecule has 100 valence electrons. The monoisotopic (exact) mass is 250 g/mol. The SMILES string of the molecule is CC1CN(CC(=O)c2ccn(C)c2)CC(C)(C)O1. The van der Waals surface area contributed by atoms with E-state index < -0.39 is 0 Å². The van der Waals surface area contributed by atoms with E-state index in [9.17, 15) is 4.79 Å². The number of hydrogen-bond acceptors (Lipinski definition) is 3. The molecule has 0 radical (unpaired) electrons. The van der Waals surface area contributed by atoms with Crippen LogP contribution in [0.3, 0.4) is 0 Å². The molecule has 1 fully saturated rings. The fourth-order valence-corrected chi connectivity index (χ4v) is 2.67. The van der Waals surface area contributed by atoms with Crippen molar-refractivity contribution in [2.24, 2.45) is 7.05 Å². The quantitative estimate of drug-likeness (QED) is 0.766. The number of aromatic nitrogens is 1. The highest BCUT2D eigenvalue weighted by Gasteiger charge is 2.32. The minimum atomic E-state index is -0.172. The van der Waals surface area contributed by atoms with Crippen molar-refractivity contribution in [1.29, 1.82) is 0 Å². The Morgan fingerprint density at radius 3 is 2.83 bits per heavy atom. The van der Waals surface area contributed by atoms with E-state index in [-0.39, 0.29) is 17.5 Å². The average molecular weight is 250 g/mol. The number of Topliss-reactive ketones (excluding diaryl/α,β-unsaturated/α-hetero) is 1. The van der Waals surface area contributed by atoms with Gasteiger partial charge in [0.25, 0.3) is 0 Å². The van der Waals surface area contributed by atoms with Gasteiger partial charge in [0.05, 0.1) is 18.2 Å². The molecule has 2 heterocycles. The maximum Gasteiger partial charge on any atom is 0.178 e. The molecule has 1 aliphatic rings. The van der Waals surface area contributed by atoms with Crippen LogP contribution in [0, 0.1) is 0 Å². The Morgan fingerprint density at radius 2 is 2.28 bits per heavy atom. The maximum atomic E-state index is 12.1. The molecule has 1 saturated heterocycles. The molecule has 1 aliphatic heterocycles. The van der Waals surface area contributed by atoms with Crippen LogP contribution in [0.25, 0.3) is 0 Å². The molecule has 1 unspecified atom stereocenters. The predicted molar refractivity (Wildman–Crippen MR) is 70.8 cm³/mol. The van der Waals surface area contributed by atoms with Crippen molar-refractivity contribution in [3.05, 3.63) is 24.0 Å². The van der Waals surface area contributed by atoms with Gasteiger partial charge < -0.3 is 9.30 Å². The third-order valence-electron chi connectivity index (χ3n) is 3.16. The minimum absolute atomic E-state index is 0.172. The fraction of sp³-hybridized carbons (Fsp3) is 0.643. The Labute approximate surface area is 109 Å². The van der Waals surface area contributed by atoms with Crippen molar-refractivity contribution < 1.29 is 9.53 Å². The molecule has 0 amide bonds. The van der Waals surface area contributed by atoms with Gasteiger partial charge in [-0.2, -0.15) is 0 Å². The number of hydrogen-bond donors (Lipinski definition) is 0. The maximum absolute atomic E-state index is 12.1. The van der Waals surface area contributed by atoms with Crippen LogP contribution in [-0.2, 0) is 11.8 Å². The van der Waals surface area contributed by atoms with Gasteiger partial charge in [-0.05, 0) is 26.8 Å². The third-order valence-corrected chi connectivity index (χ3v) is 3.16. The van der Waals surface area contributed by atoms with Gasteiger partial charge >= 0.3 is 0 Å². The summed E-state index contributed by atoms with van der Waals surface area (Å²) in [5.41, 5.74) is 0.615. The molecule has 0 spiro atoms. The standard InChI is InChI=1S/C14H22N2O2/c1-11-7-16(10-14(2,3)18-11)9-13(17)12-5-6-15(4)8-12/h5-6,8,11H,7,9-10H2,1-4H3. The van der Waals surface area contributed by atoms with Gasteiger partial charge in [-0.1, -0.05) is 0 Å². The first kappa shape index (κ1) is 13.3. The van der Waals surface area contributed by atoms with Crippen molar-refractivity contribution >= 4 is 5.78 Å². The lowest BCUT2D eigenvalue weighted by Crippen LogP contribution is -2.53. The number of morpholine rings is 1. The second-order valence-corrected chi connectivity index (χ2v) is 5.85. The van der Waals surface area contributed by atoms with E-state index in [1.165, 1.54) is 0 Å². The van der Waals surface area contributed by atoms with Crippen LogP contribution < -0.4 is 0 Å². The van der Waals surface area contributed by atoms with Crippen molar-refractivity contribution in [3.8, 4) is 0 Å². The molecule has 0 aliphatic carbocycles. The molecule has 0 saturated carbocycles. The first-order chi connectivity index (χ1) is 8.35. The molecular formula is C14H22N2O2. The van der Waals surface area contributed by atoms with E-state index in [2.05, 4.69) is 25.7 Å². The Bertz CT molecular complexity index is 437. The first-order valence-electron chi connectivity index (χ1n) is 6.41. The van der Waals surface area contributed by atoms with Gasteiger partial charge in [-0.15, -0.1) is 0 Å². The van der Waals surface area contributed by atoms with Gasteiger partial charge in [0.15, 0.2) is 5.78 Å². The lowest BCUT2D eigenvalue weighted by atomic mass is 10.0. The van der Waals surface area contributed by atoms with E-state index in [1.807, 2.05) is 30.1 Å². The van der Waals surface area contributed by atoms with Gasteiger partial charge in [0, 0.05) is 38.1 Å². The Kier molecular flexibility index (Phi) is 3.59. The van der Waals surface area contributed by atoms with Crippen LogP contribution in [0.1, 0.15) is 31.1 Å². The molecule has 0 bridgehead atoms. The van der Waals surface area contributed by atoms with E-state index in [0.29, 0.717) is 6.54 Å². The smallest absolute Gasteiger partial charge is 0.178 e. The van der Waals surface area contributed by atoms with Gasteiger partial charge in [0.1, 0.15) is 0 Å². The molecule has 2 rings (SSSR count). The molecule has 4 nitrogen and oxygen atoms in total. The molecule has 0 aromatic carbocycles. The zero-order valence-electron chi connectivity index (χ0n) is 11.6. The number of nitrogens with zero attached hydrogens (tertiary/aromatic N) is 2. The van der Waals surface area contributed by atoms with Crippen molar-refractivity contribution in [2.45, 2.75) is 32.5 Å². The minimum Gasteiger partial charge on any atom is -0.370 e. The second-order valence-electron chi connectivity index (χ2n) is 5.85. The summed E-state index contributed by atoms with van der Waals surface area (Å²) in [6.45, 7) is 8.30. The number of aryl methyl sites for hydroxylation is 1. The van der Waals surface area contributed by atoms with E-state index >= 15 is 0 Å². The lowest BCUT2D eigenvalue weighted by Gasteiger charge is -2.41. The molecule has 1 atom stereocenters. The van der Waals surface area contributed by atoms with E-state index in [4.69, 9.17) is 4.74 Å². The highest BCUT2D eigenvalue weighted by molar-refractivity contribution is 5.97. The van der Waals surface area contributed by atoms with Crippen LogP contribution in [-0.4, -0.2) is 46.6 Å². The molecule has 4 heteroatoms. The number of carbonyl (C=O) groups excluding carboxylic acids is 1. The third kappa shape index (κ3) is 3.21. The topological polar surface area (TPSA) is 34.5 Å². The molecule has 1 aromatic rings. The average Bonchev–Trinajstić information content (AvgIpc) is 2.61. The Hall–Kier alpha value is -1.13. The molecule has 18 heavy (non-hydrogen) atoms. The molecular weight excluding hydrogens is 228 g/mol. The summed E-state index contributed by atoms with van der Waals surface area (Å²) in [6.07, 6.45) is 3.95. The highest BCUT2D eigenvalue weighted by atomic mass is 16.5. The van der Waals surface area contributed by atoms with Gasteiger partial charge in [-0.3, -0.25) is 9.69 Å². The van der Waals surface area contributed by atoms with Crippen LogP contribution in [0.5, 0.6) is 0 Å². The molecule has 1 aromatic heterocycles. The van der Waals surface area contributed by atoms with Crippen LogP contribution >= 0.6 is 0 Å². The van der Waals surface area contributed by atoms with Crippen molar-refractivity contribution in [1.82, 2.24) is 9.47 Å². The van der Waals surface area contributed by atoms with Crippen LogP contribution in [0.4, 0.5) is 0 Å². The summed E-state index contributed by atoms with van der Waals surface area (Å²) in [6, 6.07) is 1.87. The number of ether oxygens (including phenoxy) is 1. The number of rotatable bonds is 3. The highest BCUT2D eigenvalue weighted by Crippen LogP contribution is 2.20. The zero-order chi connectivity index (χ0) is 13.3. The number of carbonyl (C=O) groups is 1. The summed E-state index contributed by atoms with van der Waals surface area (Å²) in [5.74, 6) is 0.181. The van der Waals surface area contributed by atoms with Crippen molar-refractivity contribution in [2.75, 3.05) is 19.6 Å². The summed E-state index contributed by atoms with van der Waals surface area (Å²) in [7, 11) is 1.93. The summed E-state index contributed by atoms with van der Waals surface area (Å²) in [4.78, 5) is 14.3. The normalized spacial score (nSPS) is 24.1. The van der Waals surface area contributed by atoms with Crippen molar-refractivity contribution in [3.63, 3.8) is 0 Å². The van der Waals surface area contributed by atoms with E-state index in [0.717, 1.165) is 18.7 Å².